The minimum absolute atomic E-state index is 0. The molecule has 1 amide bonds. The fraction of sp³-hybridized carbons (Fsp3) is 0.778. The van der Waals surface area contributed by atoms with Gasteiger partial charge >= 0.3 is 35.7 Å². The predicted octanol–water partition coefficient (Wildman–Crippen LogP) is 0.188. The van der Waals surface area contributed by atoms with E-state index in [2.05, 4.69) is 11.9 Å². The summed E-state index contributed by atoms with van der Waals surface area (Å²) in [6.07, 6.45) is 10.5. The summed E-state index contributed by atoms with van der Waals surface area (Å²) in [5.41, 5.74) is 0. The molecule has 0 aliphatic carbocycles. The Labute approximate surface area is 168 Å². The molecule has 0 bridgehead atoms. The van der Waals surface area contributed by atoms with E-state index in [0.29, 0.717) is 13.0 Å². The third kappa shape index (κ3) is 16.3. The maximum absolute atomic E-state index is 11.5. The van der Waals surface area contributed by atoms with Crippen molar-refractivity contribution < 1.29 is 49.0 Å². The molecular formula is C18H32NNaO4. The van der Waals surface area contributed by atoms with Gasteiger partial charge in [0.1, 0.15) is 0 Å². The Morgan fingerprint density at radius 3 is 2.12 bits per heavy atom. The third-order valence-electron chi connectivity index (χ3n) is 3.57. The zero-order valence-electron chi connectivity index (χ0n) is 15.6. The van der Waals surface area contributed by atoms with Crippen molar-refractivity contribution in [3.63, 3.8) is 0 Å². The van der Waals surface area contributed by atoms with Gasteiger partial charge in [0.05, 0.1) is 18.6 Å². The van der Waals surface area contributed by atoms with Gasteiger partial charge in [-0.1, -0.05) is 52.0 Å². The van der Waals surface area contributed by atoms with Crippen molar-refractivity contribution in [1.29, 1.82) is 0 Å². The van der Waals surface area contributed by atoms with Crippen LogP contribution in [-0.2, 0) is 9.53 Å². The van der Waals surface area contributed by atoms with E-state index in [1.807, 2.05) is 19.9 Å². The largest absolute Gasteiger partial charge is 1.00 e. The quantitative estimate of drug-likeness (QED) is 0.276. The number of carbonyl (C=O) groups excluding carboxylic acids is 2. The third-order valence-corrected chi connectivity index (χ3v) is 3.57. The SMILES string of the molecule is C=CCCCCCCCCCOC(=O)N[C@@H](CC(C)C)C(=O)[O-].[Na+]. The number of carboxylic acid groups (broad SMARTS) is 1. The Morgan fingerprint density at radius 2 is 1.62 bits per heavy atom. The van der Waals surface area contributed by atoms with Gasteiger partial charge in [-0.05, 0) is 31.6 Å². The molecule has 5 nitrogen and oxygen atoms in total. The Bertz CT molecular complexity index is 348. The summed E-state index contributed by atoms with van der Waals surface area (Å²) in [5.74, 6) is -1.11. The Kier molecular flexibility index (Phi) is 18.5. The van der Waals surface area contributed by atoms with E-state index in [1.165, 1.54) is 25.7 Å². The number of alkyl carbamates (subject to hydrolysis) is 1. The average molecular weight is 349 g/mol. The minimum Gasteiger partial charge on any atom is -0.548 e. The molecule has 0 aromatic carbocycles. The van der Waals surface area contributed by atoms with E-state index in [9.17, 15) is 14.7 Å². The molecule has 0 aromatic rings. The van der Waals surface area contributed by atoms with Gasteiger partial charge in [-0.3, -0.25) is 0 Å². The summed E-state index contributed by atoms with van der Waals surface area (Å²) >= 11 is 0. The molecule has 0 aliphatic rings. The summed E-state index contributed by atoms with van der Waals surface area (Å²) in [4.78, 5) is 22.5. The van der Waals surface area contributed by atoms with Gasteiger partial charge in [-0.2, -0.15) is 0 Å². The molecule has 0 aliphatic heterocycles. The predicted molar refractivity (Wildman–Crippen MR) is 89.9 cm³/mol. The topological polar surface area (TPSA) is 78.5 Å². The van der Waals surface area contributed by atoms with Crippen LogP contribution in [0.25, 0.3) is 0 Å². The molecule has 1 N–H and O–H groups in total. The van der Waals surface area contributed by atoms with Gasteiger partial charge in [-0.15, -0.1) is 6.58 Å². The normalized spacial score (nSPS) is 11.5. The number of carboxylic acids is 1. The molecule has 1 atom stereocenters. The van der Waals surface area contributed by atoms with E-state index < -0.39 is 18.1 Å². The average Bonchev–Trinajstić information content (AvgIpc) is 2.48. The van der Waals surface area contributed by atoms with Crippen LogP contribution in [0.15, 0.2) is 12.7 Å². The first-order valence-electron chi connectivity index (χ1n) is 8.72. The van der Waals surface area contributed by atoms with Gasteiger partial charge in [0.15, 0.2) is 0 Å². The molecule has 0 saturated carbocycles. The molecular weight excluding hydrogens is 317 g/mol. The second kappa shape index (κ2) is 17.3. The van der Waals surface area contributed by atoms with Crippen LogP contribution in [0.5, 0.6) is 0 Å². The number of carbonyl (C=O) groups is 2. The number of amides is 1. The smallest absolute Gasteiger partial charge is 0.548 e. The van der Waals surface area contributed by atoms with Crippen molar-refractivity contribution >= 4 is 12.1 Å². The first-order valence-corrected chi connectivity index (χ1v) is 8.72. The first-order chi connectivity index (χ1) is 11.0. The fourth-order valence-electron chi connectivity index (χ4n) is 2.31. The molecule has 0 fully saturated rings. The fourth-order valence-corrected chi connectivity index (χ4v) is 2.31. The van der Waals surface area contributed by atoms with Crippen LogP contribution in [0.3, 0.4) is 0 Å². The van der Waals surface area contributed by atoms with Gasteiger partial charge < -0.3 is 20.0 Å². The molecule has 0 rings (SSSR count). The maximum Gasteiger partial charge on any atom is 1.00 e. The molecule has 0 unspecified atom stereocenters. The number of rotatable bonds is 14. The number of unbranched alkanes of at least 4 members (excludes halogenated alkanes) is 7. The van der Waals surface area contributed by atoms with Crippen molar-refractivity contribution in [2.75, 3.05) is 6.61 Å². The van der Waals surface area contributed by atoms with Crippen LogP contribution in [0, 0.1) is 5.92 Å². The zero-order chi connectivity index (χ0) is 17.5. The van der Waals surface area contributed by atoms with Crippen molar-refractivity contribution in [3.05, 3.63) is 12.7 Å². The number of allylic oxidation sites excluding steroid dienone is 1. The molecule has 0 spiro atoms. The van der Waals surface area contributed by atoms with Gasteiger partial charge in [-0.25, -0.2) is 4.79 Å². The summed E-state index contributed by atoms with van der Waals surface area (Å²) in [5, 5.41) is 13.3. The summed E-state index contributed by atoms with van der Waals surface area (Å²) in [7, 11) is 0. The first kappa shape index (κ1) is 25.7. The van der Waals surface area contributed by atoms with Crippen LogP contribution < -0.4 is 40.0 Å². The van der Waals surface area contributed by atoms with E-state index >= 15 is 0 Å². The summed E-state index contributed by atoms with van der Waals surface area (Å²) < 4.78 is 5.01. The standard InChI is InChI=1S/C18H33NO4.Na/c1-4-5-6-7-8-9-10-11-12-13-23-18(22)19-16(17(20)21)14-15(2)3;/h4,15-16H,1,5-14H2,2-3H3,(H,19,22)(H,20,21);/q;+1/p-1/t16-;/m0./s1. The van der Waals surface area contributed by atoms with Crippen molar-refractivity contribution in [3.8, 4) is 0 Å². The number of ether oxygens (including phenoxy) is 1. The Balaban J connectivity index is 0. The minimum atomic E-state index is -1.27. The van der Waals surface area contributed by atoms with Crippen molar-refractivity contribution in [2.24, 2.45) is 5.92 Å². The van der Waals surface area contributed by atoms with Gasteiger partial charge in [0, 0.05) is 0 Å². The maximum atomic E-state index is 11.5. The number of aliphatic carboxylic acids is 1. The molecule has 6 heteroatoms. The summed E-state index contributed by atoms with van der Waals surface area (Å²) in [6, 6.07) is -0.988. The molecule has 0 heterocycles. The number of nitrogens with one attached hydrogen (secondary N) is 1. The van der Waals surface area contributed by atoms with Gasteiger partial charge in [0.2, 0.25) is 0 Å². The van der Waals surface area contributed by atoms with E-state index in [4.69, 9.17) is 4.74 Å². The van der Waals surface area contributed by atoms with Crippen LogP contribution in [0.2, 0.25) is 0 Å². The molecule has 0 saturated heterocycles. The second-order valence-electron chi connectivity index (χ2n) is 6.33. The molecule has 24 heavy (non-hydrogen) atoms. The Hall–Kier alpha value is -0.520. The van der Waals surface area contributed by atoms with Crippen molar-refractivity contribution in [1.82, 2.24) is 5.32 Å². The van der Waals surface area contributed by atoms with Crippen LogP contribution >= 0.6 is 0 Å². The summed E-state index contributed by atoms with van der Waals surface area (Å²) in [6.45, 7) is 7.80. The number of hydrogen-bond acceptors (Lipinski definition) is 4. The molecule has 0 radical (unpaired) electrons. The molecule has 0 aromatic heterocycles. The van der Waals surface area contributed by atoms with E-state index in [1.54, 1.807) is 0 Å². The Morgan fingerprint density at radius 1 is 1.08 bits per heavy atom. The van der Waals surface area contributed by atoms with E-state index in [-0.39, 0.29) is 35.5 Å². The van der Waals surface area contributed by atoms with Gasteiger partial charge in [0.25, 0.3) is 0 Å². The van der Waals surface area contributed by atoms with Crippen molar-refractivity contribution in [2.45, 2.75) is 77.7 Å². The van der Waals surface area contributed by atoms with Crippen LogP contribution in [-0.4, -0.2) is 24.7 Å². The monoisotopic (exact) mass is 349 g/mol. The zero-order valence-corrected chi connectivity index (χ0v) is 17.6. The second-order valence-corrected chi connectivity index (χ2v) is 6.33. The molecule has 134 valence electrons. The van der Waals surface area contributed by atoms with E-state index in [0.717, 1.165) is 25.7 Å². The number of hydrogen-bond donors (Lipinski definition) is 1. The van der Waals surface area contributed by atoms with Crippen LogP contribution in [0.4, 0.5) is 4.79 Å². The van der Waals surface area contributed by atoms with Crippen LogP contribution in [0.1, 0.15) is 71.6 Å².